The van der Waals surface area contributed by atoms with Gasteiger partial charge in [0.2, 0.25) is 0 Å². The van der Waals surface area contributed by atoms with Crippen molar-refractivity contribution in [3.8, 4) is 0 Å². The van der Waals surface area contributed by atoms with Crippen molar-refractivity contribution in [2.24, 2.45) is 0 Å². The summed E-state index contributed by atoms with van der Waals surface area (Å²) in [6.07, 6.45) is 7.00. The van der Waals surface area contributed by atoms with Gasteiger partial charge in [0, 0.05) is 63.7 Å². The lowest BCUT2D eigenvalue weighted by Gasteiger charge is -2.46. The maximum Gasteiger partial charge on any atom is 0.410 e. The molecule has 36 heavy (non-hydrogen) atoms. The third-order valence-electron chi connectivity index (χ3n) is 8.74. The molecule has 0 saturated carbocycles. The maximum absolute atomic E-state index is 13.2. The number of benzene rings is 1. The van der Waals surface area contributed by atoms with E-state index in [2.05, 4.69) is 30.8 Å². The lowest BCUT2D eigenvalue weighted by molar-refractivity contribution is -0.0382. The number of unbranched alkanes of at least 4 members (excludes halogenated alkanes) is 1. The minimum Gasteiger partial charge on any atom is -0.440 e. The van der Waals surface area contributed by atoms with Gasteiger partial charge in [0.15, 0.2) is 0 Å². The van der Waals surface area contributed by atoms with Crippen molar-refractivity contribution in [3.05, 3.63) is 34.9 Å². The number of nitrogens with zero attached hydrogens (tertiary/aromatic N) is 4. The van der Waals surface area contributed by atoms with Crippen LogP contribution in [0.4, 0.5) is 4.79 Å². The fourth-order valence-corrected chi connectivity index (χ4v) is 6.53. The molecule has 3 saturated heterocycles. The molecule has 1 atom stereocenters. The van der Waals surface area contributed by atoms with E-state index in [0.717, 1.165) is 101 Å². The molecule has 1 aromatic carbocycles. The number of hydrogen-bond acceptors (Lipinski definition) is 5. The first-order valence-corrected chi connectivity index (χ1v) is 14.0. The first kappa shape index (κ1) is 26.9. The van der Waals surface area contributed by atoms with Crippen molar-refractivity contribution < 1.29 is 14.3 Å². The number of carbonyl (C=O) groups excluding carboxylic acids is 2. The summed E-state index contributed by atoms with van der Waals surface area (Å²) in [5.74, 6) is 0.177. The largest absolute Gasteiger partial charge is 0.440 e. The Hall–Kier alpha value is -2.12. The summed E-state index contributed by atoms with van der Waals surface area (Å²) >= 11 is 0. The van der Waals surface area contributed by atoms with E-state index in [9.17, 15) is 9.59 Å². The third-order valence-corrected chi connectivity index (χ3v) is 8.74. The Morgan fingerprint density at radius 3 is 2.31 bits per heavy atom. The Bertz CT molecular complexity index is 897. The molecule has 4 rings (SSSR count). The lowest BCUT2D eigenvalue weighted by atomic mass is 9.81. The third kappa shape index (κ3) is 5.57. The SMILES string of the molecule is CCCCC1N(CCN(C)C)C(=O)OC12CCN(C1CCN(C(=O)c3c(C)cccc3C)CC1)CC2. The molecule has 3 aliphatic rings. The van der Waals surface area contributed by atoms with Crippen molar-refractivity contribution in [2.45, 2.75) is 83.4 Å². The number of rotatable bonds is 8. The molecule has 0 N–H and O–H groups in total. The molecule has 7 heteroatoms. The van der Waals surface area contributed by atoms with E-state index in [-0.39, 0.29) is 23.6 Å². The van der Waals surface area contributed by atoms with Gasteiger partial charge in [0.1, 0.15) is 5.60 Å². The number of piperidine rings is 2. The number of likely N-dealkylation sites (N-methyl/N-ethyl adjacent to an activating group) is 1. The number of ether oxygens (including phenoxy) is 1. The topological polar surface area (TPSA) is 56.3 Å². The second kappa shape index (κ2) is 11.5. The Balaban J connectivity index is 1.34. The van der Waals surface area contributed by atoms with Crippen molar-refractivity contribution in [2.75, 3.05) is 53.4 Å². The fourth-order valence-electron chi connectivity index (χ4n) is 6.53. The molecular weight excluding hydrogens is 452 g/mol. The number of aryl methyl sites for hydroxylation is 2. The number of carbonyl (C=O) groups is 2. The first-order valence-electron chi connectivity index (χ1n) is 14.0. The summed E-state index contributed by atoms with van der Waals surface area (Å²) in [7, 11) is 4.11. The molecule has 1 spiro atoms. The lowest BCUT2D eigenvalue weighted by Crippen LogP contribution is -2.56. The molecule has 3 heterocycles. The van der Waals surface area contributed by atoms with Crippen molar-refractivity contribution in [1.29, 1.82) is 0 Å². The molecule has 0 aromatic heterocycles. The smallest absolute Gasteiger partial charge is 0.410 e. The molecule has 0 bridgehead atoms. The standard InChI is InChI=1S/C29H46N4O3/c1-6-7-11-25-29(36-28(35)33(25)21-20-30(4)5)14-18-31(19-15-29)24-12-16-32(17-13-24)27(34)26-22(2)9-8-10-23(26)3/h8-10,24-25H,6-7,11-21H2,1-5H3. The highest BCUT2D eigenvalue weighted by Gasteiger charge is 2.54. The minimum absolute atomic E-state index is 0.121. The van der Waals surface area contributed by atoms with Gasteiger partial charge in [-0.05, 0) is 58.3 Å². The van der Waals surface area contributed by atoms with E-state index in [1.54, 1.807) is 0 Å². The highest BCUT2D eigenvalue weighted by Crippen LogP contribution is 2.41. The highest BCUT2D eigenvalue weighted by molar-refractivity contribution is 5.97. The van der Waals surface area contributed by atoms with Crippen LogP contribution in [0.3, 0.4) is 0 Å². The van der Waals surface area contributed by atoms with Gasteiger partial charge in [-0.3, -0.25) is 14.6 Å². The predicted octanol–water partition coefficient (Wildman–Crippen LogP) is 4.32. The van der Waals surface area contributed by atoms with Gasteiger partial charge >= 0.3 is 6.09 Å². The Labute approximate surface area is 217 Å². The number of amides is 2. The minimum atomic E-state index is -0.339. The summed E-state index contributed by atoms with van der Waals surface area (Å²) < 4.78 is 6.19. The average molecular weight is 499 g/mol. The molecule has 7 nitrogen and oxygen atoms in total. The van der Waals surface area contributed by atoms with Crippen molar-refractivity contribution in [3.63, 3.8) is 0 Å². The predicted molar refractivity (Wildman–Crippen MR) is 143 cm³/mol. The fraction of sp³-hybridized carbons (Fsp3) is 0.724. The number of hydrogen-bond donors (Lipinski definition) is 0. The molecule has 0 aliphatic carbocycles. The van der Waals surface area contributed by atoms with Crippen LogP contribution in [0.2, 0.25) is 0 Å². The second-order valence-electron chi connectivity index (χ2n) is 11.4. The summed E-state index contributed by atoms with van der Waals surface area (Å²) in [4.78, 5) is 34.9. The van der Waals surface area contributed by atoms with Crippen molar-refractivity contribution >= 4 is 12.0 Å². The van der Waals surface area contributed by atoms with Crippen LogP contribution in [0.15, 0.2) is 18.2 Å². The normalized spacial score (nSPS) is 23.1. The molecule has 3 aliphatic heterocycles. The molecule has 1 unspecified atom stereocenters. The van der Waals surface area contributed by atoms with Crippen LogP contribution in [0.5, 0.6) is 0 Å². The van der Waals surface area contributed by atoms with E-state index in [1.165, 1.54) is 0 Å². The van der Waals surface area contributed by atoms with Crippen molar-refractivity contribution in [1.82, 2.24) is 19.6 Å². The van der Waals surface area contributed by atoms with Gasteiger partial charge in [-0.25, -0.2) is 4.79 Å². The number of likely N-dealkylation sites (tertiary alicyclic amines) is 2. The summed E-state index contributed by atoms with van der Waals surface area (Å²) in [5.41, 5.74) is 2.66. The van der Waals surface area contributed by atoms with Crippen LogP contribution in [-0.2, 0) is 4.74 Å². The zero-order valence-electron chi connectivity index (χ0n) is 23.1. The Morgan fingerprint density at radius 2 is 1.72 bits per heavy atom. The second-order valence-corrected chi connectivity index (χ2v) is 11.4. The van der Waals surface area contributed by atoms with E-state index < -0.39 is 0 Å². The van der Waals surface area contributed by atoms with Gasteiger partial charge in [-0.2, -0.15) is 0 Å². The van der Waals surface area contributed by atoms with E-state index >= 15 is 0 Å². The summed E-state index contributed by atoms with van der Waals surface area (Å²) in [6, 6.07) is 6.76. The molecule has 1 aromatic rings. The van der Waals surface area contributed by atoms with Crippen LogP contribution in [-0.4, -0.2) is 103 Å². The van der Waals surface area contributed by atoms with Gasteiger partial charge < -0.3 is 14.5 Å². The Kier molecular flexibility index (Phi) is 8.61. The maximum atomic E-state index is 13.2. The summed E-state index contributed by atoms with van der Waals surface area (Å²) in [5, 5.41) is 0. The monoisotopic (exact) mass is 498 g/mol. The zero-order valence-corrected chi connectivity index (χ0v) is 23.1. The van der Waals surface area contributed by atoms with Gasteiger partial charge in [0.25, 0.3) is 5.91 Å². The van der Waals surface area contributed by atoms with Crippen LogP contribution >= 0.6 is 0 Å². The molecule has 2 amide bonds. The molecule has 0 radical (unpaired) electrons. The average Bonchev–Trinajstić information content (AvgIpc) is 3.11. The molecular formula is C29H46N4O3. The van der Waals surface area contributed by atoms with E-state index in [4.69, 9.17) is 4.74 Å². The molecule has 3 fully saturated rings. The molecule has 200 valence electrons. The van der Waals surface area contributed by atoms with Crippen LogP contribution in [0.25, 0.3) is 0 Å². The van der Waals surface area contributed by atoms with Crippen LogP contribution in [0, 0.1) is 13.8 Å². The van der Waals surface area contributed by atoms with Gasteiger partial charge in [-0.1, -0.05) is 38.0 Å². The van der Waals surface area contributed by atoms with Crippen LogP contribution < -0.4 is 0 Å². The Morgan fingerprint density at radius 1 is 1.08 bits per heavy atom. The van der Waals surface area contributed by atoms with Crippen LogP contribution in [0.1, 0.15) is 73.4 Å². The first-order chi connectivity index (χ1) is 17.3. The quantitative estimate of drug-likeness (QED) is 0.535. The van der Waals surface area contributed by atoms with Gasteiger partial charge in [-0.15, -0.1) is 0 Å². The van der Waals surface area contributed by atoms with Gasteiger partial charge in [0.05, 0.1) is 6.04 Å². The van der Waals surface area contributed by atoms with E-state index in [1.807, 2.05) is 41.8 Å². The van der Waals surface area contributed by atoms with E-state index in [0.29, 0.717) is 6.04 Å². The summed E-state index contributed by atoms with van der Waals surface area (Å²) in [6.45, 7) is 11.4. The zero-order chi connectivity index (χ0) is 25.9. The highest BCUT2D eigenvalue weighted by atomic mass is 16.6.